The summed E-state index contributed by atoms with van der Waals surface area (Å²) in [6, 6.07) is 52.6. The number of nitrogens with zero attached hydrogens (tertiary/aromatic N) is 1. The van der Waals surface area contributed by atoms with Gasteiger partial charge in [-0.3, -0.25) is 0 Å². The predicted octanol–water partition coefficient (Wildman–Crippen LogP) is 10.8. The molecule has 2 aromatic heterocycles. The van der Waals surface area contributed by atoms with Gasteiger partial charge in [0.1, 0.15) is 11.9 Å². The van der Waals surface area contributed by atoms with E-state index in [-0.39, 0.29) is 17.4 Å². The normalized spacial score (nSPS) is 19.8. The van der Waals surface area contributed by atoms with Crippen molar-refractivity contribution in [3.8, 4) is 22.6 Å². The lowest BCUT2D eigenvalue weighted by Gasteiger charge is -2.48. The average Bonchev–Trinajstić information content (AvgIpc) is 3.68. The third kappa shape index (κ3) is 3.68. The first-order valence-corrected chi connectivity index (χ1v) is 16.4. The standard InChI is InChI=1S/C44H32N2O/c1-44(30-14-6-3-7-15-30)34-24-25-36-40(32-16-8-10-18-35(32)45-36)43(34)47-39-27-26-38-41(42(39)44)33-17-9-11-19-37(33)46(38)31-22-20-29(21-23-31)28-12-4-2-5-13-28/h2-27,39,42,45H,1H3. The summed E-state index contributed by atoms with van der Waals surface area (Å²) in [4.78, 5) is 3.64. The van der Waals surface area contributed by atoms with Crippen molar-refractivity contribution in [2.24, 2.45) is 0 Å². The molecule has 6 aromatic carbocycles. The van der Waals surface area contributed by atoms with Crippen molar-refractivity contribution in [2.75, 3.05) is 0 Å². The van der Waals surface area contributed by atoms with Crippen LogP contribution in [0.25, 0.3) is 55.6 Å². The number of rotatable bonds is 3. The van der Waals surface area contributed by atoms with Crippen molar-refractivity contribution in [3.63, 3.8) is 0 Å². The lowest BCUT2D eigenvalue weighted by Crippen LogP contribution is -2.46. The Balaban J connectivity index is 1.23. The lowest BCUT2D eigenvalue weighted by atomic mass is 9.60. The van der Waals surface area contributed by atoms with Gasteiger partial charge in [0.2, 0.25) is 0 Å². The molecule has 8 aromatic rings. The molecule has 0 fully saturated rings. The van der Waals surface area contributed by atoms with Crippen LogP contribution in [0.1, 0.15) is 35.2 Å². The Bertz CT molecular complexity index is 2500. The Labute approximate surface area is 273 Å². The Morgan fingerprint density at radius 1 is 0.638 bits per heavy atom. The summed E-state index contributed by atoms with van der Waals surface area (Å²) >= 11 is 0. The lowest BCUT2D eigenvalue weighted by molar-refractivity contribution is 0.152. The van der Waals surface area contributed by atoms with Crippen molar-refractivity contribution in [1.29, 1.82) is 0 Å². The van der Waals surface area contributed by atoms with Crippen LogP contribution in [0.4, 0.5) is 0 Å². The second kappa shape index (κ2) is 9.85. The molecule has 47 heavy (non-hydrogen) atoms. The molecular formula is C44H32N2O. The number of ether oxygens (including phenoxy) is 1. The summed E-state index contributed by atoms with van der Waals surface area (Å²) in [6.07, 6.45) is 4.46. The molecule has 0 saturated carbocycles. The maximum atomic E-state index is 7.20. The van der Waals surface area contributed by atoms with Crippen LogP contribution in [0.15, 0.2) is 152 Å². The summed E-state index contributed by atoms with van der Waals surface area (Å²) < 4.78 is 9.64. The number of hydrogen-bond donors (Lipinski definition) is 1. The fourth-order valence-corrected chi connectivity index (χ4v) is 8.54. The smallest absolute Gasteiger partial charge is 0.134 e. The van der Waals surface area contributed by atoms with E-state index in [2.05, 4.69) is 174 Å². The maximum Gasteiger partial charge on any atom is 0.134 e. The van der Waals surface area contributed by atoms with E-state index in [0.717, 1.165) is 22.5 Å². The molecule has 2 aliphatic rings. The summed E-state index contributed by atoms with van der Waals surface area (Å²) in [5.74, 6) is 1.04. The van der Waals surface area contributed by atoms with Gasteiger partial charge in [0.05, 0.1) is 16.7 Å². The van der Waals surface area contributed by atoms with Crippen LogP contribution in [0.3, 0.4) is 0 Å². The van der Waals surface area contributed by atoms with Gasteiger partial charge in [0.15, 0.2) is 0 Å². The zero-order chi connectivity index (χ0) is 31.1. The minimum absolute atomic E-state index is 0.0507. The van der Waals surface area contributed by atoms with Crippen LogP contribution in [-0.2, 0) is 5.41 Å². The number of H-pyrrole nitrogens is 1. The SMILES string of the molecule is CC1(c2ccccc2)c2ccc3[nH]c4ccccc4c3c2OC2C=Cc3c(c4ccccc4n3-c3ccc(-c4ccccc4)cc3)C21. The van der Waals surface area contributed by atoms with E-state index >= 15 is 0 Å². The van der Waals surface area contributed by atoms with E-state index in [1.807, 2.05) is 0 Å². The molecule has 1 aliphatic carbocycles. The average molecular weight is 605 g/mol. The highest BCUT2D eigenvalue weighted by atomic mass is 16.5. The van der Waals surface area contributed by atoms with E-state index in [1.165, 1.54) is 55.2 Å². The highest BCUT2D eigenvalue weighted by Gasteiger charge is 2.51. The first-order chi connectivity index (χ1) is 23.2. The van der Waals surface area contributed by atoms with Gasteiger partial charge < -0.3 is 14.3 Å². The highest BCUT2D eigenvalue weighted by Crippen LogP contribution is 2.59. The van der Waals surface area contributed by atoms with Gasteiger partial charge in [-0.1, -0.05) is 122 Å². The second-order valence-electron chi connectivity index (χ2n) is 13.1. The minimum Gasteiger partial charge on any atom is -0.485 e. The predicted molar refractivity (Wildman–Crippen MR) is 194 cm³/mol. The van der Waals surface area contributed by atoms with Gasteiger partial charge in [-0.15, -0.1) is 0 Å². The van der Waals surface area contributed by atoms with Gasteiger partial charge in [0, 0.05) is 44.3 Å². The van der Waals surface area contributed by atoms with E-state index in [1.54, 1.807) is 0 Å². The number of aromatic amines is 1. The largest absolute Gasteiger partial charge is 0.485 e. The molecule has 3 heteroatoms. The van der Waals surface area contributed by atoms with Gasteiger partial charge in [0.25, 0.3) is 0 Å². The quantitative estimate of drug-likeness (QED) is 0.214. The molecule has 1 aliphatic heterocycles. The monoisotopic (exact) mass is 604 g/mol. The van der Waals surface area contributed by atoms with Crippen molar-refractivity contribution in [3.05, 3.63) is 174 Å². The van der Waals surface area contributed by atoms with Crippen molar-refractivity contribution in [2.45, 2.75) is 24.4 Å². The second-order valence-corrected chi connectivity index (χ2v) is 13.1. The molecule has 0 spiro atoms. The number of benzene rings is 6. The van der Waals surface area contributed by atoms with Gasteiger partial charge in [-0.2, -0.15) is 0 Å². The van der Waals surface area contributed by atoms with Crippen LogP contribution in [0.2, 0.25) is 0 Å². The van der Waals surface area contributed by atoms with E-state index in [0.29, 0.717) is 0 Å². The fourth-order valence-electron chi connectivity index (χ4n) is 8.54. The minimum atomic E-state index is -0.363. The molecule has 10 rings (SSSR count). The number of fused-ring (bicyclic) bond motifs is 10. The van der Waals surface area contributed by atoms with Crippen molar-refractivity contribution < 1.29 is 4.74 Å². The third-order valence-electron chi connectivity index (χ3n) is 10.7. The Hall–Kier alpha value is -5.80. The molecular weight excluding hydrogens is 572 g/mol. The number of aromatic nitrogens is 2. The zero-order valence-corrected chi connectivity index (χ0v) is 26.0. The zero-order valence-electron chi connectivity index (χ0n) is 26.0. The van der Waals surface area contributed by atoms with Gasteiger partial charge >= 0.3 is 0 Å². The Kier molecular flexibility index (Phi) is 5.54. The number of para-hydroxylation sites is 2. The van der Waals surface area contributed by atoms with Gasteiger partial charge in [-0.05, 0) is 64.7 Å². The summed E-state index contributed by atoms with van der Waals surface area (Å²) in [5.41, 5.74) is 11.8. The maximum absolute atomic E-state index is 7.20. The van der Waals surface area contributed by atoms with Crippen LogP contribution in [0.5, 0.6) is 5.75 Å². The molecule has 3 unspecified atom stereocenters. The van der Waals surface area contributed by atoms with Crippen LogP contribution in [-0.4, -0.2) is 15.7 Å². The van der Waals surface area contributed by atoms with Crippen molar-refractivity contribution >= 4 is 38.8 Å². The van der Waals surface area contributed by atoms with Crippen LogP contribution in [0, 0.1) is 0 Å². The molecule has 0 amide bonds. The summed E-state index contributed by atoms with van der Waals surface area (Å²) in [7, 11) is 0. The number of nitrogens with one attached hydrogen (secondary N) is 1. The molecule has 3 nitrogen and oxygen atoms in total. The Morgan fingerprint density at radius 2 is 1.32 bits per heavy atom. The first-order valence-electron chi connectivity index (χ1n) is 16.4. The third-order valence-corrected chi connectivity index (χ3v) is 10.7. The number of hydrogen-bond acceptors (Lipinski definition) is 1. The topological polar surface area (TPSA) is 29.9 Å². The Morgan fingerprint density at radius 3 is 2.13 bits per heavy atom. The molecule has 0 bridgehead atoms. The van der Waals surface area contributed by atoms with Crippen molar-refractivity contribution in [1.82, 2.24) is 9.55 Å². The summed E-state index contributed by atoms with van der Waals surface area (Å²) in [6.45, 7) is 2.44. The highest BCUT2D eigenvalue weighted by molar-refractivity contribution is 6.11. The molecule has 3 heterocycles. The van der Waals surface area contributed by atoms with E-state index in [4.69, 9.17) is 4.74 Å². The van der Waals surface area contributed by atoms with E-state index < -0.39 is 0 Å². The molecule has 224 valence electrons. The summed E-state index contributed by atoms with van der Waals surface area (Å²) in [5, 5.41) is 3.64. The van der Waals surface area contributed by atoms with Crippen LogP contribution < -0.4 is 4.74 Å². The fraction of sp³-hybridized carbons (Fsp3) is 0.0909. The first kappa shape index (κ1) is 26.4. The molecule has 1 N–H and O–H groups in total. The molecule has 3 atom stereocenters. The molecule has 0 saturated heterocycles. The van der Waals surface area contributed by atoms with Gasteiger partial charge in [-0.25, -0.2) is 0 Å². The van der Waals surface area contributed by atoms with E-state index in [9.17, 15) is 0 Å². The van der Waals surface area contributed by atoms with Crippen LogP contribution >= 0.6 is 0 Å². The molecule has 0 radical (unpaired) electrons.